The van der Waals surface area contributed by atoms with Gasteiger partial charge in [-0.15, -0.1) is 0 Å². The molecule has 6 nitrogen and oxygen atoms in total. The van der Waals surface area contributed by atoms with E-state index in [1.807, 2.05) is 13.8 Å². The first-order chi connectivity index (χ1) is 9.57. The Hall–Kier alpha value is -1.12. The van der Waals surface area contributed by atoms with Crippen LogP contribution >= 0.6 is 0 Å². The van der Waals surface area contributed by atoms with Crippen LogP contribution in [0.4, 0.5) is 0 Å². The first-order valence-corrected chi connectivity index (χ1v) is 9.93. The van der Waals surface area contributed by atoms with Crippen LogP contribution in [0.1, 0.15) is 32.3 Å². The fourth-order valence-corrected chi connectivity index (χ4v) is 2.88. The van der Waals surface area contributed by atoms with Crippen LogP contribution in [0, 0.1) is 0 Å². The molecule has 0 radical (unpaired) electrons. The van der Waals surface area contributed by atoms with Crippen LogP contribution in [0.25, 0.3) is 0 Å². The van der Waals surface area contributed by atoms with Gasteiger partial charge in [-0.1, -0.05) is 20.8 Å². The van der Waals surface area contributed by atoms with Gasteiger partial charge < -0.3 is 4.74 Å². The lowest BCUT2D eigenvalue weighted by Crippen LogP contribution is -2.17. The Morgan fingerprint density at radius 3 is 2.29 bits per heavy atom. The average Bonchev–Trinajstić information content (AvgIpc) is 2.37. The molecule has 1 aromatic rings. The second-order valence-corrected chi connectivity index (χ2v) is 9.02. The number of rotatable bonds is 7. The average molecular weight is 335 g/mol. The Bertz CT molecular complexity index is 693. The Balaban J connectivity index is 2.98. The lowest BCUT2D eigenvalue weighted by molar-refractivity contribution is 0.335. The van der Waals surface area contributed by atoms with E-state index >= 15 is 0 Å². The summed E-state index contributed by atoms with van der Waals surface area (Å²) in [6, 6.07) is 4.32. The summed E-state index contributed by atoms with van der Waals surface area (Å²) in [6.07, 6.45) is 0. The van der Waals surface area contributed by atoms with E-state index in [0.29, 0.717) is 11.3 Å². The van der Waals surface area contributed by atoms with E-state index in [1.54, 1.807) is 6.92 Å². The molecule has 0 amide bonds. The van der Waals surface area contributed by atoms with Crippen LogP contribution in [-0.4, -0.2) is 34.9 Å². The van der Waals surface area contributed by atoms with Gasteiger partial charge in [-0.2, -0.15) is 0 Å². The summed E-state index contributed by atoms with van der Waals surface area (Å²) in [5, 5.41) is 5.10. The fourth-order valence-electron chi connectivity index (χ4n) is 1.71. The number of hydrogen-bond donors (Lipinski definition) is 1. The highest BCUT2D eigenvalue weighted by Gasteiger charge is 2.15. The molecule has 2 N–H and O–H groups in total. The van der Waals surface area contributed by atoms with Crippen molar-refractivity contribution in [1.82, 2.24) is 0 Å². The molecule has 8 heteroatoms. The Morgan fingerprint density at radius 1 is 1.19 bits per heavy atom. The highest BCUT2D eigenvalue weighted by Crippen LogP contribution is 2.28. The smallest absolute Gasteiger partial charge is 0.238 e. The third-order valence-electron chi connectivity index (χ3n) is 3.02. The van der Waals surface area contributed by atoms with Crippen LogP contribution in [0.5, 0.6) is 5.75 Å². The quantitative estimate of drug-likeness (QED) is 0.808. The van der Waals surface area contributed by atoms with Crippen molar-refractivity contribution in [3.63, 3.8) is 0 Å². The van der Waals surface area contributed by atoms with E-state index in [2.05, 4.69) is 0 Å². The van der Waals surface area contributed by atoms with Crippen LogP contribution < -0.4 is 9.88 Å². The molecule has 1 aromatic carbocycles. The highest BCUT2D eigenvalue weighted by atomic mass is 32.2. The topological polar surface area (TPSA) is 104 Å². The van der Waals surface area contributed by atoms with Crippen LogP contribution in [-0.2, 0) is 19.9 Å². The van der Waals surface area contributed by atoms with Crippen LogP contribution in [0.2, 0.25) is 0 Å². The first-order valence-electron chi connectivity index (χ1n) is 6.57. The molecule has 1 rings (SSSR count). The molecule has 0 aromatic heterocycles. The number of ether oxygens (including phenoxy) is 1. The zero-order chi connectivity index (χ0) is 16.3. The van der Waals surface area contributed by atoms with Gasteiger partial charge in [0.15, 0.2) is 9.84 Å². The van der Waals surface area contributed by atoms with Gasteiger partial charge in [-0.3, -0.25) is 0 Å². The molecule has 0 saturated carbocycles. The summed E-state index contributed by atoms with van der Waals surface area (Å²) < 4.78 is 51.0. The number of benzene rings is 1. The Kier molecular flexibility index (Phi) is 5.77. The van der Waals surface area contributed by atoms with Crippen LogP contribution in [0.3, 0.4) is 0 Å². The molecular formula is C13H21NO5S2. The normalized spacial score (nSPS) is 12.6. The van der Waals surface area contributed by atoms with E-state index in [-0.39, 0.29) is 28.9 Å². The molecule has 0 aliphatic carbocycles. The van der Waals surface area contributed by atoms with Gasteiger partial charge in [-0.25, -0.2) is 22.0 Å². The minimum Gasteiger partial charge on any atom is -0.492 e. The van der Waals surface area contributed by atoms with Crippen molar-refractivity contribution >= 4 is 19.9 Å². The summed E-state index contributed by atoms with van der Waals surface area (Å²) in [7, 11) is -6.87. The summed E-state index contributed by atoms with van der Waals surface area (Å²) in [5.41, 5.74) is 0.676. The van der Waals surface area contributed by atoms with E-state index in [0.717, 1.165) is 0 Å². The van der Waals surface area contributed by atoms with Crippen molar-refractivity contribution < 1.29 is 21.6 Å². The molecular weight excluding hydrogens is 314 g/mol. The molecule has 0 bridgehead atoms. The van der Waals surface area contributed by atoms with Gasteiger partial charge in [0, 0.05) is 5.75 Å². The van der Waals surface area contributed by atoms with Crippen molar-refractivity contribution in [3.05, 3.63) is 23.8 Å². The number of primary sulfonamides is 1. The predicted octanol–water partition coefficient (Wildman–Crippen LogP) is 1.27. The summed E-state index contributed by atoms with van der Waals surface area (Å²) >= 11 is 0. The van der Waals surface area contributed by atoms with Gasteiger partial charge in [0.2, 0.25) is 10.0 Å². The maximum atomic E-state index is 11.4. The zero-order valence-electron chi connectivity index (χ0n) is 12.4. The van der Waals surface area contributed by atoms with Gasteiger partial charge in [0.25, 0.3) is 0 Å². The predicted molar refractivity (Wildman–Crippen MR) is 81.7 cm³/mol. The molecule has 0 atom stereocenters. The molecule has 0 unspecified atom stereocenters. The minimum absolute atomic E-state index is 0.0136. The largest absolute Gasteiger partial charge is 0.492 e. The van der Waals surface area contributed by atoms with E-state index in [4.69, 9.17) is 9.88 Å². The van der Waals surface area contributed by atoms with Crippen molar-refractivity contribution in [1.29, 1.82) is 0 Å². The standard InChI is InChI=1S/C13H21NO5S2/c1-4-20(15,16)8-7-19-13-6-5-11(21(14,17)18)9-12(13)10(2)3/h5-6,9-10H,4,7-8H2,1-3H3,(H2,14,17,18). The molecule has 0 saturated heterocycles. The lowest BCUT2D eigenvalue weighted by atomic mass is 10.0. The van der Waals surface area contributed by atoms with Crippen LogP contribution in [0.15, 0.2) is 23.1 Å². The second kappa shape index (κ2) is 6.76. The lowest BCUT2D eigenvalue weighted by Gasteiger charge is -2.15. The number of sulfonamides is 1. The van der Waals surface area contributed by atoms with Gasteiger partial charge in [-0.05, 0) is 29.7 Å². The van der Waals surface area contributed by atoms with Gasteiger partial charge >= 0.3 is 0 Å². The zero-order valence-corrected chi connectivity index (χ0v) is 14.0. The van der Waals surface area contributed by atoms with Crippen molar-refractivity contribution in [2.24, 2.45) is 5.14 Å². The minimum atomic E-state index is -3.77. The van der Waals surface area contributed by atoms with Gasteiger partial charge in [0.1, 0.15) is 12.4 Å². The molecule has 0 fully saturated rings. The molecule has 0 aliphatic rings. The third-order valence-corrected chi connectivity index (χ3v) is 5.60. The summed E-state index contributed by atoms with van der Waals surface area (Å²) in [6.45, 7) is 5.39. The number of nitrogens with two attached hydrogens (primary N) is 1. The Morgan fingerprint density at radius 2 is 1.81 bits per heavy atom. The van der Waals surface area contributed by atoms with E-state index < -0.39 is 19.9 Å². The SMILES string of the molecule is CCS(=O)(=O)CCOc1ccc(S(N)(=O)=O)cc1C(C)C. The molecule has 0 spiro atoms. The fraction of sp³-hybridized carbons (Fsp3) is 0.538. The van der Waals surface area contributed by atoms with Crippen molar-refractivity contribution in [2.45, 2.75) is 31.6 Å². The highest BCUT2D eigenvalue weighted by molar-refractivity contribution is 7.91. The number of hydrogen-bond acceptors (Lipinski definition) is 5. The molecule has 120 valence electrons. The third kappa shape index (κ3) is 5.29. The molecule has 0 aliphatic heterocycles. The summed E-state index contributed by atoms with van der Waals surface area (Å²) in [4.78, 5) is 0.0136. The number of sulfone groups is 1. The van der Waals surface area contributed by atoms with E-state index in [9.17, 15) is 16.8 Å². The Labute approximate surface area is 126 Å². The summed E-state index contributed by atoms with van der Waals surface area (Å²) in [5.74, 6) is 0.489. The van der Waals surface area contributed by atoms with Crippen molar-refractivity contribution in [3.8, 4) is 5.75 Å². The van der Waals surface area contributed by atoms with E-state index in [1.165, 1.54) is 18.2 Å². The monoisotopic (exact) mass is 335 g/mol. The second-order valence-electron chi connectivity index (χ2n) is 4.98. The van der Waals surface area contributed by atoms with Gasteiger partial charge in [0.05, 0.1) is 10.6 Å². The van der Waals surface area contributed by atoms with Crippen molar-refractivity contribution in [2.75, 3.05) is 18.1 Å². The molecule has 21 heavy (non-hydrogen) atoms. The first kappa shape index (κ1) is 17.9. The molecule has 0 heterocycles. The maximum Gasteiger partial charge on any atom is 0.238 e. The maximum absolute atomic E-state index is 11.4.